The number of nitrogens with zero attached hydrogens (tertiary/aromatic N) is 4. The van der Waals surface area contributed by atoms with Gasteiger partial charge in [-0.2, -0.15) is 0 Å². The molecule has 1 atom stereocenters. The molecule has 0 radical (unpaired) electrons. The highest BCUT2D eigenvalue weighted by atomic mass is 16.5. The molecule has 0 spiro atoms. The summed E-state index contributed by atoms with van der Waals surface area (Å²) in [4.78, 5) is 9.67. The molecule has 0 N–H and O–H groups in total. The fourth-order valence-electron chi connectivity index (χ4n) is 5.33. The Kier molecular flexibility index (Phi) is 5.33. The summed E-state index contributed by atoms with van der Waals surface area (Å²) in [5.41, 5.74) is 4.46. The number of benzene rings is 4. The van der Waals surface area contributed by atoms with E-state index >= 15 is 0 Å². The number of hydrogen-bond acceptors (Lipinski definition) is 7. The average molecular weight is 517 g/mol. The molecule has 0 bridgehead atoms. The number of fused-ring (bicyclic) bond motifs is 6. The lowest BCUT2D eigenvalue weighted by Crippen LogP contribution is -2.15. The number of rotatable bonds is 5. The van der Waals surface area contributed by atoms with Crippen LogP contribution in [0, 0.1) is 0 Å². The maximum atomic E-state index is 6.42. The molecule has 7 rings (SSSR count). The van der Waals surface area contributed by atoms with Crippen molar-refractivity contribution in [1.29, 1.82) is 0 Å². The summed E-state index contributed by atoms with van der Waals surface area (Å²) in [6.07, 6.45) is 1.64. The zero-order valence-electron chi connectivity index (χ0n) is 21.6. The maximum absolute atomic E-state index is 6.42. The summed E-state index contributed by atoms with van der Waals surface area (Å²) in [5.74, 6) is 3.67. The van der Waals surface area contributed by atoms with Crippen LogP contribution in [0.5, 0.6) is 28.9 Å². The molecule has 0 fully saturated rings. The van der Waals surface area contributed by atoms with Crippen molar-refractivity contribution < 1.29 is 18.9 Å². The Bertz CT molecular complexity index is 1860. The summed E-state index contributed by atoms with van der Waals surface area (Å²) in [5, 5.41) is 7.01. The number of aromatic nitrogens is 4. The first-order chi connectivity index (χ1) is 19.2. The van der Waals surface area contributed by atoms with Gasteiger partial charge in [-0.15, -0.1) is 5.10 Å². The van der Waals surface area contributed by atoms with Crippen molar-refractivity contribution in [2.24, 2.45) is 0 Å². The van der Waals surface area contributed by atoms with Crippen molar-refractivity contribution >= 4 is 16.4 Å². The lowest BCUT2D eigenvalue weighted by Gasteiger charge is -2.29. The summed E-state index contributed by atoms with van der Waals surface area (Å²) < 4.78 is 24.5. The Morgan fingerprint density at radius 2 is 1.62 bits per heavy atom. The first-order valence-corrected chi connectivity index (χ1v) is 12.5. The number of methoxy groups -OCH3 is 3. The van der Waals surface area contributed by atoms with Gasteiger partial charge in [0.05, 0.1) is 26.9 Å². The van der Waals surface area contributed by atoms with Gasteiger partial charge in [-0.3, -0.25) is 0 Å². The Hall–Kier alpha value is -5.11. The minimum absolute atomic E-state index is 0.195. The van der Waals surface area contributed by atoms with Crippen molar-refractivity contribution in [3.63, 3.8) is 0 Å². The molecule has 1 aliphatic heterocycles. The fraction of sp³-hybridized carbons (Fsp3) is 0.129. The van der Waals surface area contributed by atoms with E-state index in [4.69, 9.17) is 29.0 Å². The summed E-state index contributed by atoms with van der Waals surface area (Å²) in [6, 6.07) is 26.2. The number of hydrogen-bond donors (Lipinski definition) is 0. The Morgan fingerprint density at radius 1 is 0.795 bits per heavy atom. The van der Waals surface area contributed by atoms with Crippen LogP contribution in [0.1, 0.15) is 22.6 Å². The highest BCUT2D eigenvalue weighted by molar-refractivity contribution is 5.91. The zero-order chi connectivity index (χ0) is 26.5. The van der Waals surface area contributed by atoms with Gasteiger partial charge in [-0.05, 0) is 52.7 Å². The van der Waals surface area contributed by atoms with Gasteiger partial charge >= 0.3 is 0 Å². The molecule has 1 unspecified atom stereocenters. The van der Waals surface area contributed by atoms with Crippen molar-refractivity contribution in [2.45, 2.75) is 5.92 Å². The molecule has 0 amide bonds. The van der Waals surface area contributed by atoms with Gasteiger partial charge in [0.25, 0.3) is 0 Å². The van der Waals surface area contributed by atoms with Crippen LogP contribution in [0.3, 0.4) is 0 Å². The number of ether oxygens (including phenoxy) is 4. The molecule has 39 heavy (non-hydrogen) atoms. The van der Waals surface area contributed by atoms with Crippen LogP contribution in [0.4, 0.5) is 0 Å². The lowest BCUT2D eigenvalue weighted by molar-refractivity contribution is 0.355. The Labute approximate surface area is 224 Å². The zero-order valence-corrected chi connectivity index (χ0v) is 21.6. The first-order valence-electron chi connectivity index (χ1n) is 12.5. The van der Waals surface area contributed by atoms with E-state index < -0.39 is 0 Å². The average Bonchev–Trinajstić information content (AvgIpc) is 3.44. The van der Waals surface area contributed by atoms with E-state index in [1.54, 1.807) is 32.2 Å². The molecular weight excluding hydrogens is 492 g/mol. The van der Waals surface area contributed by atoms with Crippen LogP contribution in [0.15, 0.2) is 85.2 Å². The van der Waals surface area contributed by atoms with Gasteiger partial charge in [-0.1, -0.05) is 42.5 Å². The molecule has 3 heterocycles. The molecule has 0 aliphatic carbocycles. The molecule has 4 aromatic carbocycles. The predicted molar refractivity (Wildman–Crippen MR) is 147 cm³/mol. The second kappa shape index (κ2) is 9.02. The van der Waals surface area contributed by atoms with Gasteiger partial charge in [0, 0.05) is 17.0 Å². The third-order valence-corrected chi connectivity index (χ3v) is 7.19. The van der Waals surface area contributed by atoms with E-state index in [2.05, 4.69) is 35.3 Å². The van der Waals surface area contributed by atoms with E-state index in [-0.39, 0.29) is 5.92 Å². The smallest absolute Gasteiger partial charge is 0.228 e. The van der Waals surface area contributed by atoms with Gasteiger partial charge < -0.3 is 18.9 Å². The van der Waals surface area contributed by atoms with Gasteiger partial charge in [0.2, 0.25) is 5.88 Å². The minimum Gasteiger partial charge on any atom is -0.497 e. The second-order valence-corrected chi connectivity index (χ2v) is 9.24. The van der Waals surface area contributed by atoms with E-state index in [1.165, 1.54) is 0 Å². The topological polar surface area (TPSA) is 80.0 Å². The first kappa shape index (κ1) is 23.0. The molecule has 8 nitrogen and oxygen atoms in total. The van der Waals surface area contributed by atoms with Crippen LogP contribution in [-0.2, 0) is 0 Å². The molecule has 0 saturated heterocycles. The summed E-state index contributed by atoms with van der Waals surface area (Å²) >= 11 is 0. The normalized spacial score (nSPS) is 14.0. The van der Waals surface area contributed by atoms with E-state index in [9.17, 15) is 0 Å². The van der Waals surface area contributed by atoms with Gasteiger partial charge in [-0.25, -0.2) is 14.5 Å². The second-order valence-electron chi connectivity index (χ2n) is 9.24. The highest BCUT2D eigenvalue weighted by Gasteiger charge is 2.34. The SMILES string of the molecule is COc1ccc(C2c3c(ccc4ccccc34)Oc3ncn4nc(-c5ccc(OC)c(OC)c5)nc4c32)cc1. The van der Waals surface area contributed by atoms with Crippen LogP contribution in [-0.4, -0.2) is 40.9 Å². The molecule has 0 saturated carbocycles. The molecular formula is C31H24N4O4. The standard InChI is InChI=1S/C31H24N4O4/c1-36-21-12-8-19(9-13-21)26-27-22-7-5-4-6-18(22)10-15-24(27)39-31-28(26)30-33-29(34-35(30)17-32-31)20-11-14-23(37-2)25(16-20)38-3/h4-17,26H,1-3H3. The van der Waals surface area contributed by atoms with Crippen LogP contribution < -0.4 is 18.9 Å². The third-order valence-electron chi connectivity index (χ3n) is 7.19. The predicted octanol–water partition coefficient (Wildman–Crippen LogP) is 6.26. The van der Waals surface area contributed by atoms with Crippen LogP contribution in [0.25, 0.3) is 27.8 Å². The van der Waals surface area contributed by atoms with Crippen molar-refractivity contribution in [2.75, 3.05) is 21.3 Å². The summed E-state index contributed by atoms with van der Waals surface area (Å²) in [6.45, 7) is 0. The van der Waals surface area contributed by atoms with Gasteiger partial charge in [0.15, 0.2) is 23.0 Å². The monoisotopic (exact) mass is 516 g/mol. The fourth-order valence-corrected chi connectivity index (χ4v) is 5.33. The van der Waals surface area contributed by atoms with E-state index in [0.717, 1.165) is 44.5 Å². The lowest BCUT2D eigenvalue weighted by atomic mass is 9.81. The van der Waals surface area contributed by atoms with Crippen LogP contribution >= 0.6 is 0 Å². The van der Waals surface area contributed by atoms with E-state index in [1.807, 2.05) is 48.5 Å². The molecule has 8 heteroatoms. The molecule has 192 valence electrons. The quantitative estimate of drug-likeness (QED) is 0.267. The van der Waals surface area contributed by atoms with Gasteiger partial charge in [0.1, 0.15) is 17.8 Å². The largest absolute Gasteiger partial charge is 0.497 e. The van der Waals surface area contributed by atoms with E-state index in [0.29, 0.717) is 28.9 Å². The maximum Gasteiger partial charge on any atom is 0.228 e. The molecule has 1 aliphatic rings. The minimum atomic E-state index is -0.195. The molecule has 6 aromatic rings. The summed E-state index contributed by atoms with van der Waals surface area (Å²) in [7, 11) is 4.89. The highest BCUT2D eigenvalue weighted by Crippen LogP contribution is 2.50. The van der Waals surface area contributed by atoms with Crippen molar-refractivity contribution in [1.82, 2.24) is 19.6 Å². The van der Waals surface area contributed by atoms with Crippen molar-refractivity contribution in [3.8, 4) is 40.3 Å². The molecule has 2 aromatic heterocycles. The third kappa shape index (κ3) is 3.64. The van der Waals surface area contributed by atoms with Crippen molar-refractivity contribution in [3.05, 3.63) is 102 Å². The van der Waals surface area contributed by atoms with Crippen LogP contribution in [0.2, 0.25) is 0 Å². The Balaban J connectivity index is 1.48. The Morgan fingerprint density at radius 3 is 2.41 bits per heavy atom.